The maximum Gasteiger partial charge on any atom is 0.315 e. The van der Waals surface area contributed by atoms with Gasteiger partial charge < -0.3 is 20.1 Å². The van der Waals surface area contributed by atoms with Gasteiger partial charge in [-0.25, -0.2) is 4.79 Å². The zero-order chi connectivity index (χ0) is 19.9. The van der Waals surface area contributed by atoms with Gasteiger partial charge in [0.2, 0.25) is 0 Å². The van der Waals surface area contributed by atoms with Crippen LogP contribution in [0.5, 0.6) is 11.5 Å². The normalized spacial score (nSPS) is 10.4. The molecule has 0 aliphatic carbocycles. The lowest BCUT2D eigenvalue weighted by Gasteiger charge is -2.11. The smallest absolute Gasteiger partial charge is 0.315 e. The first kappa shape index (κ1) is 19.2. The molecule has 0 bridgehead atoms. The third-order valence-electron chi connectivity index (χ3n) is 4.18. The highest BCUT2D eigenvalue weighted by atomic mass is 16.5. The van der Waals surface area contributed by atoms with Crippen LogP contribution in [-0.4, -0.2) is 35.0 Å². The van der Waals surface area contributed by atoms with E-state index in [-0.39, 0.29) is 6.03 Å². The van der Waals surface area contributed by atoms with Gasteiger partial charge in [-0.3, -0.25) is 9.67 Å². The number of pyridine rings is 1. The summed E-state index contributed by atoms with van der Waals surface area (Å²) in [4.78, 5) is 16.5. The second-order valence-corrected chi connectivity index (χ2v) is 6.18. The molecule has 3 rings (SSSR count). The number of urea groups is 1. The predicted molar refractivity (Wildman–Crippen MR) is 105 cm³/mol. The first-order valence-electron chi connectivity index (χ1n) is 8.75. The van der Waals surface area contributed by atoms with E-state index in [0.29, 0.717) is 24.6 Å². The monoisotopic (exact) mass is 381 g/mol. The summed E-state index contributed by atoms with van der Waals surface area (Å²) in [5.74, 6) is 1.28. The van der Waals surface area contributed by atoms with Crippen molar-refractivity contribution < 1.29 is 14.3 Å². The van der Waals surface area contributed by atoms with Gasteiger partial charge in [-0.15, -0.1) is 0 Å². The Kier molecular flexibility index (Phi) is 6.11. The Hall–Kier alpha value is -3.55. The van der Waals surface area contributed by atoms with Crippen molar-refractivity contribution in [1.82, 2.24) is 25.4 Å². The average Bonchev–Trinajstić information content (AvgIpc) is 3.17. The molecule has 2 N–H and O–H groups in total. The minimum absolute atomic E-state index is 0.258. The summed E-state index contributed by atoms with van der Waals surface area (Å²) in [6.07, 6.45) is 5.42. The molecule has 3 aromatic rings. The fraction of sp³-hybridized carbons (Fsp3) is 0.250. The molecular formula is C20H23N5O3. The van der Waals surface area contributed by atoms with Crippen molar-refractivity contribution in [2.75, 3.05) is 14.2 Å². The number of aromatic nitrogens is 3. The van der Waals surface area contributed by atoms with Crippen LogP contribution in [0.4, 0.5) is 4.79 Å². The van der Waals surface area contributed by atoms with Gasteiger partial charge in [0.1, 0.15) is 0 Å². The van der Waals surface area contributed by atoms with Crippen molar-refractivity contribution in [2.45, 2.75) is 13.1 Å². The number of carbonyl (C=O) groups is 1. The molecule has 146 valence electrons. The highest BCUT2D eigenvalue weighted by molar-refractivity contribution is 5.73. The number of benzene rings is 1. The first-order chi connectivity index (χ1) is 13.6. The van der Waals surface area contributed by atoms with Gasteiger partial charge in [0.05, 0.1) is 26.1 Å². The number of ether oxygens (including phenoxy) is 2. The molecule has 2 aromatic heterocycles. The van der Waals surface area contributed by atoms with Crippen LogP contribution in [0.2, 0.25) is 0 Å². The Morgan fingerprint density at radius 2 is 1.71 bits per heavy atom. The number of nitrogens with zero attached hydrogens (tertiary/aromatic N) is 3. The number of aryl methyl sites for hydroxylation is 1. The Morgan fingerprint density at radius 3 is 2.32 bits per heavy atom. The molecule has 0 radical (unpaired) electrons. The fourth-order valence-corrected chi connectivity index (χ4v) is 2.67. The summed E-state index contributed by atoms with van der Waals surface area (Å²) in [6.45, 7) is 0.766. The van der Waals surface area contributed by atoms with Crippen LogP contribution in [0, 0.1) is 0 Å². The van der Waals surface area contributed by atoms with E-state index in [1.807, 2.05) is 43.6 Å². The van der Waals surface area contributed by atoms with E-state index < -0.39 is 0 Å². The van der Waals surface area contributed by atoms with Crippen LogP contribution in [0.3, 0.4) is 0 Å². The second-order valence-electron chi connectivity index (χ2n) is 6.18. The number of methoxy groups -OCH3 is 2. The lowest BCUT2D eigenvalue weighted by atomic mass is 10.2. The van der Waals surface area contributed by atoms with Crippen molar-refractivity contribution in [3.05, 3.63) is 60.0 Å². The summed E-state index contributed by atoms with van der Waals surface area (Å²) < 4.78 is 12.2. The number of hydrogen-bond donors (Lipinski definition) is 2. The summed E-state index contributed by atoms with van der Waals surface area (Å²) in [7, 11) is 5.03. The van der Waals surface area contributed by atoms with E-state index in [1.165, 1.54) is 0 Å². The van der Waals surface area contributed by atoms with Crippen molar-refractivity contribution in [2.24, 2.45) is 7.05 Å². The van der Waals surface area contributed by atoms with Crippen LogP contribution in [0.1, 0.15) is 11.1 Å². The van der Waals surface area contributed by atoms with Gasteiger partial charge in [-0.1, -0.05) is 12.1 Å². The van der Waals surface area contributed by atoms with Crippen LogP contribution in [0.25, 0.3) is 11.3 Å². The molecule has 0 fully saturated rings. The van der Waals surface area contributed by atoms with Crippen LogP contribution >= 0.6 is 0 Å². The van der Waals surface area contributed by atoms with Gasteiger partial charge >= 0.3 is 6.03 Å². The van der Waals surface area contributed by atoms with Crippen molar-refractivity contribution in [3.8, 4) is 22.8 Å². The molecule has 0 spiro atoms. The minimum atomic E-state index is -0.258. The maximum atomic E-state index is 12.0. The quantitative estimate of drug-likeness (QED) is 0.656. The minimum Gasteiger partial charge on any atom is -0.493 e. The summed E-state index contributed by atoms with van der Waals surface area (Å²) in [6, 6.07) is 9.11. The number of amides is 2. The Labute approximate surface area is 163 Å². The maximum absolute atomic E-state index is 12.0. The lowest BCUT2D eigenvalue weighted by Crippen LogP contribution is -2.34. The van der Waals surface area contributed by atoms with Gasteiger partial charge in [0, 0.05) is 38.1 Å². The van der Waals surface area contributed by atoms with Crippen molar-refractivity contribution in [1.29, 1.82) is 0 Å². The van der Waals surface area contributed by atoms with E-state index in [9.17, 15) is 4.79 Å². The molecule has 1 aromatic carbocycles. The molecule has 0 saturated heterocycles. The zero-order valence-electron chi connectivity index (χ0n) is 16.1. The third-order valence-corrected chi connectivity index (χ3v) is 4.18. The molecular weight excluding hydrogens is 358 g/mol. The van der Waals surface area contributed by atoms with E-state index in [2.05, 4.69) is 20.7 Å². The Balaban J connectivity index is 1.49. The fourth-order valence-electron chi connectivity index (χ4n) is 2.67. The summed E-state index contributed by atoms with van der Waals surface area (Å²) in [5.41, 5.74) is 3.62. The van der Waals surface area contributed by atoms with E-state index >= 15 is 0 Å². The molecule has 0 aliphatic rings. The number of nitrogens with one attached hydrogen (secondary N) is 2. The number of hydrogen-bond acceptors (Lipinski definition) is 5. The lowest BCUT2D eigenvalue weighted by molar-refractivity contribution is 0.240. The van der Waals surface area contributed by atoms with Gasteiger partial charge in [0.25, 0.3) is 0 Å². The molecule has 2 amide bonds. The largest absolute Gasteiger partial charge is 0.493 e. The molecule has 0 saturated carbocycles. The topological polar surface area (TPSA) is 90.3 Å². The molecule has 0 aliphatic heterocycles. The van der Waals surface area contributed by atoms with Crippen molar-refractivity contribution in [3.63, 3.8) is 0 Å². The third kappa shape index (κ3) is 4.79. The predicted octanol–water partition coefficient (Wildman–Crippen LogP) is 2.50. The summed E-state index contributed by atoms with van der Waals surface area (Å²) >= 11 is 0. The highest BCUT2D eigenvalue weighted by Crippen LogP contribution is 2.27. The van der Waals surface area contributed by atoms with Crippen LogP contribution in [0.15, 0.2) is 48.9 Å². The molecule has 8 heteroatoms. The molecule has 2 heterocycles. The SMILES string of the molecule is COc1ccc(CNC(=O)NCc2ccc(-c3cnn(C)c3)nc2)cc1OC. The van der Waals surface area contributed by atoms with Gasteiger partial charge in [-0.05, 0) is 29.3 Å². The van der Waals surface area contributed by atoms with Gasteiger partial charge in [0.15, 0.2) is 11.5 Å². The number of rotatable bonds is 7. The molecule has 28 heavy (non-hydrogen) atoms. The Bertz CT molecular complexity index is 937. The molecule has 0 unspecified atom stereocenters. The summed E-state index contributed by atoms with van der Waals surface area (Å²) in [5, 5.41) is 9.78. The van der Waals surface area contributed by atoms with Gasteiger partial charge in [-0.2, -0.15) is 5.10 Å². The van der Waals surface area contributed by atoms with E-state index in [4.69, 9.17) is 9.47 Å². The second kappa shape index (κ2) is 8.90. The van der Waals surface area contributed by atoms with E-state index in [1.54, 1.807) is 31.3 Å². The zero-order valence-corrected chi connectivity index (χ0v) is 16.1. The highest BCUT2D eigenvalue weighted by Gasteiger charge is 2.07. The van der Waals surface area contributed by atoms with Crippen LogP contribution in [-0.2, 0) is 20.1 Å². The molecule has 0 atom stereocenters. The van der Waals surface area contributed by atoms with Crippen molar-refractivity contribution >= 4 is 6.03 Å². The molecule has 8 nitrogen and oxygen atoms in total. The standard InChI is InChI=1S/C20H23N5O3/c1-25-13-16(12-24-25)17-6-4-15(10-21-17)11-23-20(26)22-9-14-5-7-18(27-2)19(8-14)28-3/h4-8,10,12-13H,9,11H2,1-3H3,(H2,22,23,26). The number of carbonyl (C=O) groups excluding carboxylic acids is 1. The Morgan fingerprint density at radius 1 is 1.00 bits per heavy atom. The average molecular weight is 381 g/mol. The van der Waals surface area contributed by atoms with Crippen LogP contribution < -0.4 is 20.1 Å². The first-order valence-corrected chi connectivity index (χ1v) is 8.75. The van der Waals surface area contributed by atoms with E-state index in [0.717, 1.165) is 22.4 Å².